The minimum Gasteiger partial charge on any atom is -0.494 e. The Morgan fingerprint density at radius 1 is 1.23 bits per heavy atom. The molecule has 1 fully saturated rings. The number of pyridine rings is 1. The molecule has 160 valence electrons. The number of carbonyl (C=O) groups excluding carboxylic acids is 1. The van der Waals surface area contributed by atoms with E-state index >= 15 is 0 Å². The van der Waals surface area contributed by atoms with Gasteiger partial charge in [0.1, 0.15) is 16.9 Å². The lowest BCUT2D eigenvalue weighted by Crippen LogP contribution is -2.08. The second kappa shape index (κ2) is 7.84. The summed E-state index contributed by atoms with van der Waals surface area (Å²) in [5, 5.41) is 1.13. The van der Waals surface area contributed by atoms with Gasteiger partial charge in [-0.3, -0.25) is 4.79 Å². The first kappa shape index (κ1) is 19.8. The molecule has 0 atom stereocenters. The van der Waals surface area contributed by atoms with Crippen LogP contribution in [0.2, 0.25) is 0 Å². The Kier molecular flexibility index (Phi) is 5.00. The summed E-state index contributed by atoms with van der Waals surface area (Å²) >= 11 is 0. The number of carbonyl (C=O) groups is 1. The average Bonchev–Trinajstić information content (AvgIpc) is 3.42. The fraction of sp³-hybridized carbons (Fsp3) is 0.400. The summed E-state index contributed by atoms with van der Waals surface area (Å²) in [6.45, 7) is 5.58. The number of hydrogen-bond acceptors (Lipinski definition) is 4. The van der Waals surface area contributed by atoms with E-state index in [9.17, 15) is 4.79 Å². The van der Waals surface area contributed by atoms with E-state index in [-0.39, 0.29) is 5.78 Å². The number of unbranched alkanes of at least 4 members (excludes halogenated alkanes) is 1. The molecule has 0 radical (unpaired) electrons. The molecule has 5 rings (SSSR count). The van der Waals surface area contributed by atoms with E-state index in [1.165, 1.54) is 12.8 Å². The number of benzene rings is 1. The second-order valence-electron chi connectivity index (χ2n) is 8.54. The van der Waals surface area contributed by atoms with Crippen molar-refractivity contribution in [2.75, 3.05) is 7.11 Å². The molecule has 3 aromatic heterocycles. The van der Waals surface area contributed by atoms with Crippen molar-refractivity contribution in [2.24, 2.45) is 5.92 Å². The van der Waals surface area contributed by atoms with Crippen LogP contribution in [-0.4, -0.2) is 32.0 Å². The third-order valence-electron chi connectivity index (χ3n) is 6.19. The molecule has 6 nitrogen and oxygen atoms in total. The lowest BCUT2D eigenvalue weighted by atomic mass is 10.1. The molecule has 0 aliphatic heterocycles. The van der Waals surface area contributed by atoms with Crippen molar-refractivity contribution in [2.45, 2.75) is 52.6 Å². The molecule has 1 saturated carbocycles. The molecule has 1 aliphatic rings. The van der Waals surface area contributed by atoms with E-state index in [0.29, 0.717) is 17.2 Å². The van der Waals surface area contributed by atoms with Gasteiger partial charge in [-0.2, -0.15) is 0 Å². The standard InChI is InChI=1S/C25H28N4O2/c1-4-5-11-28-23-20(12-19(16(2)30)14-22(23)31-3)27-25(28)21-13-18-7-6-10-26-24(18)29(21)15-17-8-9-17/h6-7,10,12-14,17H,4-5,8-9,11,15H2,1-3H3. The van der Waals surface area contributed by atoms with Gasteiger partial charge in [0, 0.05) is 30.2 Å². The normalized spacial score (nSPS) is 13.9. The highest BCUT2D eigenvalue weighted by molar-refractivity contribution is 6.00. The summed E-state index contributed by atoms with van der Waals surface area (Å²) in [4.78, 5) is 21.8. The highest BCUT2D eigenvalue weighted by atomic mass is 16.5. The maximum atomic E-state index is 12.1. The first-order valence-electron chi connectivity index (χ1n) is 11.1. The fourth-order valence-electron chi connectivity index (χ4n) is 4.33. The number of methoxy groups -OCH3 is 1. The van der Waals surface area contributed by atoms with Gasteiger partial charge in [0.2, 0.25) is 0 Å². The number of imidazole rings is 1. The van der Waals surface area contributed by atoms with Crippen LogP contribution in [0.4, 0.5) is 0 Å². The molecule has 4 aromatic rings. The van der Waals surface area contributed by atoms with Crippen LogP contribution in [0, 0.1) is 5.92 Å². The van der Waals surface area contributed by atoms with Gasteiger partial charge in [0.25, 0.3) is 0 Å². The summed E-state index contributed by atoms with van der Waals surface area (Å²) in [5.74, 6) is 2.34. The fourth-order valence-corrected chi connectivity index (χ4v) is 4.33. The van der Waals surface area contributed by atoms with Crippen LogP contribution < -0.4 is 4.74 Å². The minimum absolute atomic E-state index is 0.0110. The number of aromatic nitrogens is 4. The van der Waals surface area contributed by atoms with E-state index < -0.39 is 0 Å². The molecule has 0 amide bonds. The van der Waals surface area contributed by atoms with Crippen LogP contribution in [0.1, 0.15) is 49.9 Å². The monoisotopic (exact) mass is 416 g/mol. The molecule has 1 aromatic carbocycles. The molecule has 0 spiro atoms. The van der Waals surface area contributed by atoms with Crippen LogP contribution in [0.5, 0.6) is 5.75 Å². The molecule has 1 aliphatic carbocycles. The molecule has 0 unspecified atom stereocenters. The zero-order chi connectivity index (χ0) is 21.5. The topological polar surface area (TPSA) is 61.9 Å². The van der Waals surface area contributed by atoms with Crippen molar-refractivity contribution in [1.29, 1.82) is 0 Å². The van der Waals surface area contributed by atoms with Crippen LogP contribution in [0.15, 0.2) is 36.5 Å². The molecular formula is C25H28N4O2. The molecular weight excluding hydrogens is 388 g/mol. The van der Waals surface area contributed by atoms with E-state index in [4.69, 9.17) is 9.72 Å². The van der Waals surface area contributed by atoms with Crippen molar-refractivity contribution >= 4 is 27.9 Å². The number of rotatable bonds is 8. The van der Waals surface area contributed by atoms with Gasteiger partial charge >= 0.3 is 0 Å². The van der Waals surface area contributed by atoms with Crippen molar-refractivity contribution in [3.05, 3.63) is 42.1 Å². The minimum atomic E-state index is 0.0110. The SMILES string of the molecule is CCCCn1c(-c2cc3cccnc3n2CC2CC2)nc2cc(C(C)=O)cc(OC)c21. The van der Waals surface area contributed by atoms with Crippen molar-refractivity contribution in [3.63, 3.8) is 0 Å². The van der Waals surface area contributed by atoms with Crippen LogP contribution in [0.3, 0.4) is 0 Å². The Balaban J connectivity index is 1.78. The van der Waals surface area contributed by atoms with Crippen molar-refractivity contribution in [3.8, 4) is 17.3 Å². The molecule has 0 N–H and O–H groups in total. The quantitative estimate of drug-likeness (QED) is 0.357. The van der Waals surface area contributed by atoms with Gasteiger partial charge in [-0.15, -0.1) is 0 Å². The number of nitrogens with zero attached hydrogens (tertiary/aromatic N) is 4. The number of fused-ring (bicyclic) bond motifs is 2. The molecule has 3 heterocycles. The lowest BCUT2D eigenvalue weighted by molar-refractivity contribution is 0.101. The van der Waals surface area contributed by atoms with Gasteiger partial charge in [-0.1, -0.05) is 13.3 Å². The van der Waals surface area contributed by atoms with E-state index in [0.717, 1.165) is 59.5 Å². The zero-order valence-electron chi connectivity index (χ0n) is 18.4. The van der Waals surface area contributed by atoms with E-state index in [1.54, 1.807) is 14.0 Å². The molecule has 6 heteroatoms. The average molecular weight is 417 g/mol. The van der Waals surface area contributed by atoms with E-state index in [2.05, 4.69) is 33.2 Å². The Labute approximate surface area is 181 Å². The van der Waals surface area contributed by atoms with Gasteiger partial charge < -0.3 is 13.9 Å². The largest absolute Gasteiger partial charge is 0.494 e. The summed E-state index contributed by atoms with van der Waals surface area (Å²) in [7, 11) is 1.66. The summed E-state index contributed by atoms with van der Waals surface area (Å²) in [6, 6.07) is 10.0. The smallest absolute Gasteiger partial charge is 0.160 e. The Hall–Kier alpha value is -3.15. The maximum absolute atomic E-state index is 12.1. The van der Waals surface area contributed by atoms with Crippen LogP contribution in [0.25, 0.3) is 33.6 Å². The van der Waals surface area contributed by atoms with Gasteiger partial charge in [0.15, 0.2) is 11.6 Å². The van der Waals surface area contributed by atoms with Gasteiger partial charge in [-0.05, 0) is 62.4 Å². The molecule has 0 saturated heterocycles. The Morgan fingerprint density at radius 3 is 2.77 bits per heavy atom. The third-order valence-corrected chi connectivity index (χ3v) is 6.19. The van der Waals surface area contributed by atoms with Gasteiger partial charge in [0.05, 0.1) is 18.3 Å². The van der Waals surface area contributed by atoms with Gasteiger partial charge in [-0.25, -0.2) is 9.97 Å². The third kappa shape index (κ3) is 3.50. The summed E-state index contributed by atoms with van der Waals surface area (Å²) in [6.07, 6.45) is 6.52. The predicted molar refractivity (Wildman–Crippen MR) is 123 cm³/mol. The van der Waals surface area contributed by atoms with Crippen molar-refractivity contribution in [1.82, 2.24) is 19.1 Å². The van der Waals surface area contributed by atoms with Crippen LogP contribution in [-0.2, 0) is 13.1 Å². The Bertz CT molecular complexity index is 1280. The Morgan fingerprint density at radius 2 is 2.06 bits per heavy atom. The zero-order valence-corrected chi connectivity index (χ0v) is 18.4. The number of hydrogen-bond donors (Lipinski definition) is 0. The summed E-state index contributed by atoms with van der Waals surface area (Å²) in [5.41, 5.74) is 4.46. The van der Waals surface area contributed by atoms with E-state index in [1.807, 2.05) is 24.4 Å². The maximum Gasteiger partial charge on any atom is 0.160 e. The molecule has 31 heavy (non-hydrogen) atoms. The highest BCUT2D eigenvalue weighted by Gasteiger charge is 2.27. The number of ether oxygens (including phenoxy) is 1. The number of aryl methyl sites for hydroxylation is 1. The molecule has 0 bridgehead atoms. The summed E-state index contributed by atoms with van der Waals surface area (Å²) < 4.78 is 10.3. The lowest BCUT2D eigenvalue weighted by Gasteiger charge is -2.13. The second-order valence-corrected chi connectivity index (χ2v) is 8.54. The number of ketones is 1. The van der Waals surface area contributed by atoms with Crippen molar-refractivity contribution < 1.29 is 9.53 Å². The number of Topliss-reactive ketones (excluding diaryl/α,β-unsaturated/α-hetero) is 1. The first-order chi connectivity index (χ1) is 15.1. The predicted octanol–water partition coefficient (Wildman–Crippen LogP) is 5.47. The first-order valence-corrected chi connectivity index (χ1v) is 11.1. The highest BCUT2D eigenvalue weighted by Crippen LogP contribution is 2.38. The van der Waals surface area contributed by atoms with Crippen LogP contribution >= 0.6 is 0 Å².